The van der Waals surface area contributed by atoms with Crippen molar-refractivity contribution in [3.63, 3.8) is 0 Å². The first-order valence-electron chi connectivity index (χ1n) is 10.6. The molecule has 1 N–H and O–H groups in total. The van der Waals surface area contributed by atoms with Crippen molar-refractivity contribution < 1.29 is 9.52 Å². The lowest BCUT2D eigenvalue weighted by Gasteiger charge is -2.25. The topological polar surface area (TPSA) is 36.6 Å². The molecule has 4 aromatic rings. The van der Waals surface area contributed by atoms with E-state index in [2.05, 4.69) is 49.9 Å². The molecule has 31 heavy (non-hydrogen) atoms. The fourth-order valence-electron chi connectivity index (χ4n) is 3.98. The van der Waals surface area contributed by atoms with Gasteiger partial charge in [0, 0.05) is 22.8 Å². The summed E-state index contributed by atoms with van der Waals surface area (Å²) in [4.78, 5) is 4.15. The predicted molar refractivity (Wildman–Crippen MR) is 130 cm³/mol. The molecule has 5 heteroatoms. The van der Waals surface area contributed by atoms with Gasteiger partial charge in [0.15, 0.2) is 5.60 Å². The van der Waals surface area contributed by atoms with Crippen LogP contribution in [-0.2, 0) is 18.7 Å². The lowest BCUT2D eigenvalue weighted by atomic mass is 9.97. The highest BCUT2D eigenvalue weighted by Crippen LogP contribution is 2.41. The van der Waals surface area contributed by atoms with Crippen molar-refractivity contribution in [3.8, 4) is 0 Å². The van der Waals surface area contributed by atoms with Gasteiger partial charge in [-0.15, -0.1) is 22.7 Å². The van der Waals surface area contributed by atoms with Gasteiger partial charge in [-0.25, -0.2) is 0 Å². The number of thiophene rings is 2. The van der Waals surface area contributed by atoms with Gasteiger partial charge in [0.2, 0.25) is 0 Å². The number of hydrogen-bond acceptors (Lipinski definition) is 5. The maximum absolute atomic E-state index is 11.8. The van der Waals surface area contributed by atoms with Crippen LogP contribution in [0.2, 0.25) is 0 Å². The second kappa shape index (κ2) is 9.53. The first kappa shape index (κ1) is 22.0. The summed E-state index contributed by atoms with van der Waals surface area (Å²) in [7, 11) is 0. The summed E-state index contributed by atoms with van der Waals surface area (Å²) < 4.78 is 6.29. The van der Waals surface area contributed by atoms with E-state index in [4.69, 9.17) is 4.42 Å². The second-order valence-electron chi connectivity index (χ2n) is 8.48. The molecule has 0 unspecified atom stereocenters. The molecule has 0 spiro atoms. The Morgan fingerprint density at radius 3 is 2.23 bits per heavy atom. The van der Waals surface area contributed by atoms with Crippen molar-refractivity contribution in [1.82, 2.24) is 4.90 Å². The molecule has 0 aliphatic rings. The smallest absolute Gasteiger partial charge is 0.191 e. The highest BCUT2D eigenvalue weighted by atomic mass is 32.1. The van der Waals surface area contributed by atoms with Gasteiger partial charge in [-0.05, 0) is 53.4 Å². The average molecular weight is 452 g/mol. The lowest BCUT2D eigenvalue weighted by molar-refractivity contribution is 0.102. The van der Waals surface area contributed by atoms with E-state index in [0.29, 0.717) is 18.2 Å². The van der Waals surface area contributed by atoms with Crippen molar-refractivity contribution >= 4 is 22.7 Å². The van der Waals surface area contributed by atoms with Gasteiger partial charge in [0.1, 0.15) is 11.5 Å². The molecule has 1 aromatic carbocycles. The third-order valence-electron chi connectivity index (χ3n) is 5.27. The van der Waals surface area contributed by atoms with Crippen molar-refractivity contribution in [3.05, 3.63) is 104 Å². The van der Waals surface area contributed by atoms with E-state index < -0.39 is 5.60 Å². The first-order valence-corrected chi connectivity index (χ1v) is 12.4. The number of nitrogens with zero attached hydrogens (tertiary/aromatic N) is 1. The van der Waals surface area contributed by atoms with Gasteiger partial charge in [-0.1, -0.05) is 55.8 Å². The monoisotopic (exact) mass is 451 g/mol. The van der Waals surface area contributed by atoms with Crippen LogP contribution in [0.3, 0.4) is 0 Å². The van der Waals surface area contributed by atoms with E-state index in [9.17, 15) is 5.11 Å². The molecule has 3 aromatic heterocycles. The molecule has 162 valence electrons. The third-order valence-corrected chi connectivity index (χ3v) is 7.22. The van der Waals surface area contributed by atoms with Crippen molar-refractivity contribution in [1.29, 1.82) is 0 Å². The van der Waals surface area contributed by atoms with Gasteiger partial charge in [0.05, 0.1) is 6.54 Å². The summed E-state index contributed by atoms with van der Waals surface area (Å²) in [5.41, 5.74) is 1.33. The second-order valence-corrected chi connectivity index (χ2v) is 10.4. The van der Waals surface area contributed by atoms with Crippen molar-refractivity contribution in [2.45, 2.75) is 39.5 Å². The maximum Gasteiger partial charge on any atom is 0.191 e. The zero-order valence-corrected chi connectivity index (χ0v) is 19.9. The van der Waals surface area contributed by atoms with Crippen LogP contribution < -0.4 is 0 Å². The molecule has 0 fully saturated rings. The zero-order valence-electron chi connectivity index (χ0n) is 18.2. The Hall–Kier alpha value is -2.18. The number of benzene rings is 1. The standard InChI is InChI=1S/C26H29NO2S2/c1-19(2)16-27(17-21-8-4-7-20(3)15-21)18-22-11-12-23(29-22)26(28,24-9-5-13-30-24)25-10-6-14-31-25/h4-15,19,28H,16-18H2,1-3H3. The quantitative estimate of drug-likeness (QED) is 0.309. The summed E-state index contributed by atoms with van der Waals surface area (Å²) in [5, 5.41) is 15.8. The van der Waals surface area contributed by atoms with Crippen LogP contribution in [-0.4, -0.2) is 16.6 Å². The number of rotatable bonds is 9. The maximum atomic E-state index is 11.8. The Balaban J connectivity index is 1.60. The SMILES string of the molecule is Cc1cccc(CN(Cc2ccc(C(O)(c3cccs3)c3cccs3)o2)CC(C)C)c1. The van der Waals surface area contributed by atoms with E-state index in [1.54, 1.807) is 22.7 Å². The largest absolute Gasteiger partial charge is 0.461 e. The van der Waals surface area contributed by atoms with Crippen LogP contribution >= 0.6 is 22.7 Å². The fourth-order valence-corrected chi connectivity index (χ4v) is 5.73. The summed E-state index contributed by atoms with van der Waals surface area (Å²) >= 11 is 3.09. The molecule has 0 aliphatic heterocycles. The summed E-state index contributed by atoms with van der Waals surface area (Å²) in [6, 6.07) is 20.5. The predicted octanol–water partition coefficient (Wildman–Crippen LogP) is 6.65. The number of aryl methyl sites for hydroxylation is 1. The third kappa shape index (κ3) is 5.01. The average Bonchev–Trinajstić information content (AvgIpc) is 3.49. The van der Waals surface area contributed by atoms with Crippen LogP contribution in [0.4, 0.5) is 0 Å². The Kier molecular flexibility index (Phi) is 6.77. The number of furan rings is 1. The van der Waals surface area contributed by atoms with Crippen molar-refractivity contribution in [2.75, 3.05) is 6.54 Å². The molecule has 0 aliphatic carbocycles. The Bertz CT molecular complexity index is 1050. The number of hydrogen-bond donors (Lipinski definition) is 1. The summed E-state index contributed by atoms with van der Waals surface area (Å²) in [5.74, 6) is 2.00. The Labute approximate surface area is 192 Å². The minimum Gasteiger partial charge on any atom is -0.461 e. The van der Waals surface area contributed by atoms with Crippen LogP contribution in [0.25, 0.3) is 0 Å². The van der Waals surface area contributed by atoms with E-state index in [-0.39, 0.29) is 0 Å². The van der Waals surface area contributed by atoms with Crippen LogP contribution in [0.5, 0.6) is 0 Å². The molecule has 0 radical (unpaired) electrons. The normalized spacial score (nSPS) is 12.2. The Morgan fingerprint density at radius 1 is 0.935 bits per heavy atom. The zero-order chi connectivity index (χ0) is 21.8. The van der Waals surface area contributed by atoms with Gasteiger partial charge in [-0.2, -0.15) is 0 Å². The van der Waals surface area contributed by atoms with Crippen LogP contribution in [0, 0.1) is 12.8 Å². The van der Waals surface area contributed by atoms with Crippen LogP contribution in [0.15, 0.2) is 75.8 Å². The fraction of sp³-hybridized carbons (Fsp3) is 0.308. The van der Waals surface area contributed by atoms with Gasteiger partial charge in [-0.3, -0.25) is 4.90 Å². The Morgan fingerprint density at radius 2 is 1.65 bits per heavy atom. The van der Waals surface area contributed by atoms with Gasteiger partial charge >= 0.3 is 0 Å². The summed E-state index contributed by atoms with van der Waals surface area (Å²) in [6.07, 6.45) is 0. The highest BCUT2D eigenvalue weighted by molar-refractivity contribution is 7.11. The van der Waals surface area contributed by atoms with Gasteiger partial charge < -0.3 is 9.52 Å². The molecule has 0 amide bonds. The molecule has 0 bridgehead atoms. The minimum atomic E-state index is -1.25. The molecule has 3 nitrogen and oxygen atoms in total. The minimum absolute atomic E-state index is 0.549. The molecule has 0 atom stereocenters. The molecule has 4 rings (SSSR count). The van der Waals surface area contributed by atoms with Gasteiger partial charge in [0.25, 0.3) is 0 Å². The molecular formula is C26H29NO2S2. The van der Waals surface area contributed by atoms with E-state index in [0.717, 1.165) is 28.6 Å². The van der Waals surface area contributed by atoms with E-state index in [1.165, 1.54) is 11.1 Å². The molecule has 3 heterocycles. The molecule has 0 saturated carbocycles. The lowest BCUT2D eigenvalue weighted by Crippen LogP contribution is -2.27. The first-order chi connectivity index (χ1) is 14.9. The highest BCUT2D eigenvalue weighted by Gasteiger charge is 2.39. The van der Waals surface area contributed by atoms with E-state index in [1.807, 2.05) is 47.2 Å². The van der Waals surface area contributed by atoms with E-state index >= 15 is 0 Å². The van der Waals surface area contributed by atoms with Crippen molar-refractivity contribution in [2.24, 2.45) is 5.92 Å². The molecule has 0 saturated heterocycles. The van der Waals surface area contributed by atoms with Crippen LogP contribution in [0.1, 0.15) is 46.2 Å². The summed E-state index contributed by atoms with van der Waals surface area (Å²) in [6.45, 7) is 9.16. The molecular weight excluding hydrogens is 422 g/mol. The number of aliphatic hydroxyl groups is 1.